The van der Waals surface area contributed by atoms with Crippen LogP contribution in [0.4, 0.5) is 8.78 Å². The molecule has 1 fully saturated rings. The molecule has 0 amide bonds. The number of H-pyrrole nitrogens is 1. The van der Waals surface area contributed by atoms with Gasteiger partial charge in [-0.05, 0) is 44.4 Å². The van der Waals surface area contributed by atoms with E-state index in [0.717, 1.165) is 19.2 Å². The predicted octanol–water partition coefficient (Wildman–Crippen LogP) is 2.56. The van der Waals surface area contributed by atoms with Crippen molar-refractivity contribution in [1.29, 1.82) is 0 Å². The molecule has 6 atom stereocenters. The highest BCUT2D eigenvalue weighted by atomic mass is 31.1. The standard InChI is InChI=1S/C17H23F2N2O8P.C6H6O/c1-9(2)28-12(23)10(3)7-30(26)27-8-17(19)13(24)16(4,18)14(29-17)21-6-5-11(22)20-15(21)25;7-6-4-2-1-3-5-6/h5-6,9-10,13-14,24H,7-8H2,1-4H3;1-5,7H/p+1/t10-,13+,14-,16-,17-;/m1./s1. The number of carbonyl (C=O) groups is 1. The van der Waals surface area contributed by atoms with E-state index < -0.39 is 61.6 Å². The monoisotopic (exact) mass is 547 g/mol. The molecule has 2 heterocycles. The van der Waals surface area contributed by atoms with Crippen molar-refractivity contribution in [2.45, 2.75) is 57.7 Å². The predicted molar refractivity (Wildman–Crippen MR) is 128 cm³/mol. The molecule has 0 saturated carbocycles. The molecule has 37 heavy (non-hydrogen) atoms. The number of rotatable bonds is 8. The topological polar surface area (TPSA) is 157 Å². The number of halogens is 2. The van der Waals surface area contributed by atoms with Gasteiger partial charge in [-0.15, -0.1) is 4.52 Å². The summed E-state index contributed by atoms with van der Waals surface area (Å²) in [7, 11) is -2.57. The lowest BCUT2D eigenvalue weighted by Gasteiger charge is -2.24. The quantitative estimate of drug-likeness (QED) is 0.334. The van der Waals surface area contributed by atoms with Gasteiger partial charge in [0.25, 0.3) is 11.4 Å². The normalized spacial score (nSPS) is 26.2. The Hall–Kier alpha value is -2.99. The number of benzene rings is 1. The second-order valence-electron chi connectivity index (χ2n) is 8.84. The highest BCUT2D eigenvalue weighted by Crippen LogP contribution is 2.48. The lowest BCUT2D eigenvalue weighted by atomic mass is 9.97. The van der Waals surface area contributed by atoms with Crippen LogP contribution in [0.25, 0.3) is 0 Å². The molecular formula is C23H30F2N2O9P+. The van der Waals surface area contributed by atoms with Crippen molar-refractivity contribution in [3.8, 4) is 5.75 Å². The molecule has 1 saturated heterocycles. The third-order valence-corrected chi connectivity index (χ3v) is 6.44. The van der Waals surface area contributed by atoms with E-state index in [1.807, 2.05) is 11.1 Å². The highest BCUT2D eigenvalue weighted by Gasteiger charge is 2.65. The van der Waals surface area contributed by atoms with Crippen LogP contribution in [0, 0.1) is 5.92 Å². The molecule has 3 N–H and O–H groups in total. The van der Waals surface area contributed by atoms with Crippen molar-refractivity contribution in [2.24, 2.45) is 5.92 Å². The van der Waals surface area contributed by atoms with Gasteiger partial charge >= 0.3 is 19.7 Å². The number of hydrogen-bond acceptors (Lipinski definition) is 9. The van der Waals surface area contributed by atoms with Gasteiger partial charge in [-0.3, -0.25) is 19.1 Å². The van der Waals surface area contributed by atoms with Crippen LogP contribution in [0.5, 0.6) is 5.75 Å². The summed E-state index contributed by atoms with van der Waals surface area (Å²) in [6.45, 7) is 4.43. The zero-order chi connectivity index (χ0) is 28.0. The Morgan fingerprint density at radius 1 is 1.22 bits per heavy atom. The fourth-order valence-corrected chi connectivity index (χ4v) is 4.28. The van der Waals surface area contributed by atoms with Gasteiger partial charge in [0.1, 0.15) is 11.7 Å². The number of esters is 1. The number of ether oxygens (including phenoxy) is 2. The largest absolute Gasteiger partial charge is 0.509 e. The molecule has 2 aromatic rings. The Kier molecular flexibility index (Phi) is 10.2. The van der Waals surface area contributed by atoms with Gasteiger partial charge in [-0.25, -0.2) is 13.6 Å². The number of aromatic amines is 1. The Bertz CT molecular complexity index is 1190. The number of carbonyl (C=O) groups excluding carboxylic acids is 1. The Balaban J connectivity index is 0.000000591. The molecule has 14 heteroatoms. The number of alkyl halides is 2. The maximum absolute atomic E-state index is 15.1. The Morgan fingerprint density at radius 2 is 1.84 bits per heavy atom. The lowest BCUT2D eigenvalue weighted by molar-refractivity contribution is -0.202. The minimum Gasteiger partial charge on any atom is -0.508 e. The molecule has 0 bridgehead atoms. The smallest absolute Gasteiger partial charge is 0.508 e. The molecule has 0 spiro atoms. The summed E-state index contributed by atoms with van der Waals surface area (Å²) >= 11 is 0. The van der Waals surface area contributed by atoms with Crippen molar-refractivity contribution in [2.75, 3.05) is 12.8 Å². The lowest BCUT2D eigenvalue weighted by Crippen LogP contribution is -2.47. The summed E-state index contributed by atoms with van der Waals surface area (Å²) in [5, 5.41) is 18.8. The first kappa shape index (κ1) is 30.2. The third kappa shape index (κ3) is 8.00. The number of hydrogen-bond donors (Lipinski definition) is 3. The van der Waals surface area contributed by atoms with Crippen molar-refractivity contribution in [3.63, 3.8) is 0 Å². The van der Waals surface area contributed by atoms with E-state index >= 15 is 8.78 Å². The van der Waals surface area contributed by atoms with E-state index in [0.29, 0.717) is 10.3 Å². The van der Waals surface area contributed by atoms with Crippen LogP contribution < -0.4 is 11.2 Å². The number of nitrogens with one attached hydrogen (secondary N) is 1. The molecule has 1 aliphatic rings. The molecule has 204 valence electrons. The van der Waals surface area contributed by atoms with Crippen LogP contribution in [-0.2, 0) is 23.4 Å². The SMILES string of the molecule is CC(C)OC(=O)[C@H](C)C[P+](=O)OC[C@@]1(F)O[C@@H](n2ccc(=O)[nH]c2=O)[C@](C)(F)[C@@H]1O.Oc1ccccc1. The van der Waals surface area contributed by atoms with Crippen LogP contribution in [0.3, 0.4) is 0 Å². The molecule has 1 aromatic carbocycles. The summed E-state index contributed by atoms with van der Waals surface area (Å²) in [6.07, 6.45) is -4.09. The molecule has 1 aliphatic heterocycles. The van der Waals surface area contributed by atoms with Gasteiger partial charge in [0.05, 0.1) is 6.10 Å². The minimum atomic E-state index is -3.14. The van der Waals surface area contributed by atoms with Crippen LogP contribution in [0.2, 0.25) is 0 Å². The number of phenols is 1. The van der Waals surface area contributed by atoms with Gasteiger partial charge in [0.2, 0.25) is 0 Å². The summed E-state index contributed by atoms with van der Waals surface area (Å²) in [6, 6.07) is 9.61. The van der Waals surface area contributed by atoms with Crippen molar-refractivity contribution >= 4 is 14.0 Å². The Morgan fingerprint density at radius 3 is 2.35 bits per heavy atom. The van der Waals surface area contributed by atoms with Crippen molar-refractivity contribution in [1.82, 2.24) is 9.55 Å². The summed E-state index contributed by atoms with van der Waals surface area (Å²) in [5.74, 6) is -4.24. The Labute approximate surface area is 211 Å². The van der Waals surface area contributed by atoms with Gasteiger partial charge in [-0.2, -0.15) is 0 Å². The molecule has 3 rings (SSSR count). The molecule has 1 aromatic heterocycles. The van der Waals surface area contributed by atoms with Crippen LogP contribution in [-0.4, -0.2) is 62.2 Å². The zero-order valence-corrected chi connectivity index (χ0v) is 21.6. The van der Waals surface area contributed by atoms with Gasteiger partial charge in [0.15, 0.2) is 30.8 Å². The maximum Gasteiger partial charge on any atom is 0.509 e. The van der Waals surface area contributed by atoms with Crippen molar-refractivity contribution < 1.29 is 42.4 Å². The number of phenolic OH excluding ortho intramolecular Hbond substituents is 1. The van der Waals surface area contributed by atoms with E-state index in [9.17, 15) is 24.1 Å². The summed E-state index contributed by atoms with van der Waals surface area (Å²) in [5.41, 5.74) is -4.62. The summed E-state index contributed by atoms with van der Waals surface area (Å²) in [4.78, 5) is 36.7. The number of para-hydroxylation sites is 1. The van der Waals surface area contributed by atoms with Gasteiger partial charge in [0, 0.05) is 12.3 Å². The second-order valence-corrected chi connectivity index (χ2v) is 10.1. The number of aliphatic hydroxyl groups is 1. The average Bonchev–Trinajstić information content (AvgIpc) is 2.98. The maximum atomic E-state index is 15.1. The van der Waals surface area contributed by atoms with Crippen LogP contribution in [0.1, 0.15) is 33.9 Å². The van der Waals surface area contributed by atoms with Gasteiger partial charge in [-0.1, -0.05) is 18.2 Å². The van der Waals surface area contributed by atoms with E-state index in [-0.39, 0.29) is 12.3 Å². The highest BCUT2D eigenvalue weighted by molar-refractivity contribution is 7.39. The van der Waals surface area contributed by atoms with E-state index in [4.69, 9.17) is 19.1 Å². The first-order chi connectivity index (χ1) is 17.2. The van der Waals surface area contributed by atoms with Gasteiger partial charge < -0.3 is 19.7 Å². The first-order valence-electron chi connectivity index (χ1n) is 11.2. The zero-order valence-electron chi connectivity index (χ0n) is 20.7. The fourth-order valence-electron chi connectivity index (χ4n) is 3.26. The molecule has 11 nitrogen and oxygen atoms in total. The number of aliphatic hydroxyl groups excluding tert-OH is 1. The molecule has 0 radical (unpaired) electrons. The van der Waals surface area contributed by atoms with Crippen LogP contribution in [0.15, 0.2) is 52.2 Å². The van der Waals surface area contributed by atoms with Crippen molar-refractivity contribution in [3.05, 3.63) is 63.4 Å². The molecule has 0 aliphatic carbocycles. The molecular weight excluding hydrogens is 517 g/mol. The van der Waals surface area contributed by atoms with E-state index in [1.165, 1.54) is 6.92 Å². The first-order valence-corrected chi connectivity index (χ1v) is 12.6. The van der Waals surface area contributed by atoms with E-state index in [1.54, 1.807) is 38.1 Å². The number of nitrogens with zero attached hydrogens (tertiary/aromatic N) is 1. The average molecular weight is 547 g/mol. The summed E-state index contributed by atoms with van der Waals surface area (Å²) < 4.78 is 57.6. The fraction of sp³-hybridized carbons (Fsp3) is 0.522. The number of aromatic nitrogens is 2. The minimum absolute atomic E-state index is 0.289. The van der Waals surface area contributed by atoms with E-state index in [2.05, 4.69) is 0 Å². The third-order valence-electron chi connectivity index (χ3n) is 5.18. The number of aromatic hydroxyl groups is 1. The molecule has 1 unspecified atom stereocenters. The van der Waals surface area contributed by atoms with Crippen LogP contribution >= 0.6 is 8.03 Å². The second kappa shape index (κ2) is 12.5.